The van der Waals surface area contributed by atoms with Crippen LogP contribution in [0.25, 0.3) is 6.08 Å². The van der Waals surface area contributed by atoms with E-state index in [0.717, 1.165) is 16.7 Å². The molecule has 0 radical (unpaired) electrons. The number of halogens is 1. The van der Waals surface area contributed by atoms with Crippen LogP contribution in [-0.2, 0) is 26.7 Å². The van der Waals surface area contributed by atoms with Crippen molar-refractivity contribution >= 4 is 37.9 Å². The molecule has 3 aromatic rings. The molecule has 1 amide bonds. The second kappa shape index (κ2) is 9.45. The van der Waals surface area contributed by atoms with Crippen molar-refractivity contribution in [2.24, 2.45) is 0 Å². The van der Waals surface area contributed by atoms with Gasteiger partial charge >= 0.3 is 0 Å². The molecule has 2 N–H and O–H groups in total. The van der Waals surface area contributed by atoms with Gasteiger partial charge in [0, 0.05) is 28.2 Å². The predicted octanol–water partition coefficient (Wildman–Crippen LogP) is 3.79. The second-order valence-corrected chi connectivity index (χ2v) is 13.8. The highest BCUT2D eigenvalue weighted by Gasteiger charge is 2.74. The quantitative estimate of drug-likeness (QED) is 0.394. The molecule has 1 saturated heterocycles. The van der Waals surface area contributed by atoms with E-state index in [1.54, 1.807) is 49.8 Å². The number of carbonyl (C=O) groups is 1. The number of ether oxygens (including phenoxy) is 2. The molecule has 2 fully saturated rings. The zero-order valence-corrected chi connectivity index (χ0v) is 24.7. The summed E-state index contributed by atoms with van der Waals surface area (Å²) in [5.74, 6) is 0.844. The Balaban J connectivity index is 1.30. The van der Waals surface area contributed by atoms with Crippen molar-refractivity contribution in [2.45, 2.75) is 59.8 Å². The fourth-order valence-corrected chi connectivity index (χ4v) is 10.3. The van der Waals surface area contributed by atoms with E-state index in [-0.39, 0.29) is 17.3 Å². The molecular formula is C30H29BrN2O7S. The Morgan fingerprint density at radius 3 is 2.80 bits per heavy atom. The van der Waals surface area contributed by atoms with E-state index >= 15 is 0 Å². The lowest BCUT2D eigenvalue weighted by Gasteiger charge is -2.63. The summed E-state index contributed by atoms with van der Waals surface area (Å²) in [4.78, 5) is 13.2. The van der Waals surface area contributed by atoms with Crippen LogP contribution in [0.5, 0.6) is 11.5 Å². The third-order valence-corrected chi connectivity index (χ3v) is 12.3. The Labute approximate surface area is 246 Å². The number of carbonyl (C=O) groups excluding carboxylic acids is 1. The molecule has 1 aromatic heterocycles. The molecule has 2 aromatic carbocycles. The minimum atomic E-state index is -3.94. The highest BCUT2D eigenvalue weighted by Crippen LogP contribution is 2.66. The number of hydrogen-bond acceptors (Lipinski definition) is 7. The maximum atomic E-state index is 14.1. The van der Waals surface area contributed by atoms with Gasteiger partial charge in [-0.15, -0.1) is 0 Å². The molecule has 41 heavy (non-hydrogen) atoms. The SMILES string of the molecule is COc1ccc2c3c1O[C@@H]1[C@@H](NC(=O)/C=C/c4ccoc4)CC[C@]4(O)[C@H](C2)N(S(=O)(=O)c2ccccc2Br)CC[C@@]314. The third kappa shape index (κ3) is 3.72. The van der Waals surface area contributed by atoms with E-state index in [9.17, 15) is 18.3 Å². The van der Waals surface area contributed by atoms with Gasteiger partial charge in [-0.25, -0.2) is 8.42 Å². The Morgan fingerprint density at radius 1 is 1.22 bits per heavy atom. The first-order chi connectivity index (χ1) is 19.7. The number of hydrogen-bond donors (Lipinski definition) is 2. The van der Waals surface area contributed by atoms with Crippen molar-refractivity contribution in [2.75, 3.05) is 13.7 Å². The first-order valence-corrected chi connectivity index (χ1v) is 15.8. The fourth-order valence-electron chi connectivity index (χ4n) is 7.65. The molecule has 9 nitrogen and oxygen atoms in total. The van der Waals surface area contributed by atoms with Crippen LogP contribution < -0.4 is 14.8 Å². The minimum Gasteiger partial charge on any atom is -0.493 e. The average molecular weight is 642 g/mol. The van der Waals surface area contributed by atoms with Crippen LogP contribution >= 0.6 is 15.9 Å². The summed E-state index contributed by atoms with van der Waals surface area (Å²) in [6.45, 7) is 0.202. The molecule has 2 bridgehead atoms. The Hall–Kier alpha value is -3.12. The highest BCUT2D eigenvalue weighted by molar-refractivity contribution is 9.10. The lowest BCUT2D eigenvalue weighted by atomic mass is 9.48. The number of methoxy groups -OCH3 is 1. The Bertz CT molecular complexity index is 1670. The van der Waals surface area contributed by atoms with Gasteiger partial charge in [-0.3, -0.25) is 4.79 Å². The molecule has 3 heterocycles. The maximum Gasteiger partial charge on any atom is 0.244 e. The number of benzene rings is 2. The van der Waals surface area contributed by atoms with Gasteiger partial charge < -0.3 is 24.3 Å². The number of amides is 1. The van der Waals surface area contributed by atoms with Gasteiger partial charge in [0.15, 0.2) is 11.5 Å². The summed E-state index contributed by atoms with van der Waals surface area (Å²) >= 11 is 3.41. The van der Waals surface area contributed by atoms with Crippen molar-refractivity contribution in [3.05, 3.63) is 82.2 Å². The Morgan fingerprint density at radius 2 is 2.05 bits per heavy atom. The van der Waals surface area contributed by atoms with E-state index in [1.807, 2.05) is 12.1 Å². The van der Waals surface area contributed by atoms with Gasteiger partial charge in [0.05, 0.1) is 47.6 Å². The number of rotatable bonds is 6. The summed E-state index contributed by atoms with van der Waals surface area (Å²) in [6, 6.07) is 11.2. The molecule has 0 unspecified atom stereocenters. The summed E-state index contributed by atoms with van der Waals surface area (Å²) in [5, 5.41) is 15.8. The van der Waals surface area contributed by atoms with Crippen LogP contribution in [0.1, 0.15) is 36.0 Å². The molecular weight excluding hydrogens is 612 g/mol. The topological polar surface area (TPSA) is 118 Å². The molecule has 214 valence electrons. The summed E-state index contributed by atoms with van der Waals surface area (Å²) < 4.78 is 47.5. The molecule has 2 aliphatic heterocycles. The smallest absolute Gasteiger partial charge is 0.244 e. The van der Waals surface area contributed by atoms with Gasteiger partial charge in [0.2, 0.25) is 15.9 Å². The zero-order valence-electron chi connectivity index (χ0n) is 22.2. The van der Waals surface area contributed by atoms with Crippen molar-refractivity contribution in [3.8, 4) is 11.5 Å². The average Bonchev–Trinajstić information content (AvgIpc) is 3.59. The first kappa shape index (κ1) is 26.8. The van der Waals surface area contributed by atoms with E-state index in [2.05, 4.69) is 21.2 Å². The first-order valence-electron chi connectivity index (χ1n) is 13.6. The van der Waals surface area contributed by atoms with Gasteiger partial charge in [0.25, 0.3) is 0 Å². The molecule has 11 heteroatoms. The minimum absolute atomic E-state index is 0.172. The monoisotopic (exact) mass is 640 g/mol. The fraction of sp³-hybridized carbons (Fsp3) is 0.367. The van der Waals surface area contributed by atoms with E-state index in [1.165, 1.54) is 16.6 Å². The van der Waals surface area contributed by atoms with Crippen LogP contribution in [0.3, 0.4) is 0 Å². The molecule has 1 spiro atoms. The van der Waals surface area contributed by atoms with Crippen molar-refractivity contribution in [1.29, 1.82) is 0 Å². The molecule has 5 atom stereocenters. The van der Waals surface area contributed by atoms with Crippen molar-refractivity contribution < 1.29 is 32.2 Å². The standard InChI is InChI=1S/C30H29BrN2O7S/c1-38-22-8-7-19-16-24-30(35)12-10-21(32-25(34)9-6-18-11-15-39-17-18)28-29(30,26(19)27(22)40-28)13-14-33(24)41(36,37)23-5-3-2-4-20(23)31/h2-9,11,15,17,21,24,28,35H,10,12-14,16H2,1H3,(H,32,34)/b9-6+/t21-,24-,28+,29+,30-/m0/s1. The van der Waals surface area contributed by atoms with Gasteiger partial charge in [0.1, 0.15) is 6.10 Å². The predicted molar refractivity (Wildman–Crippen MR) is 153 cm³/mol. The lowest BCUT2D eigenvalue weighted by molar-refractivity contribution is -0.177. The third-order valence-electron chi connectivity index (χ3n) is 9.34. The lowest BCUT2D eigenvalue weighted by Crippen LogP contribution is -2.78. The van der Waals surface area contributed by atoms with Gasteiger partial charge in [-0.2, -0.15) is 4.31 Å². The molecule has 7 rings (SSSR count). The van der Waals surface area contributed by atoms with E-state index < -0.39 is 39.2 Å². The highest BCUT2D eigenvalue weighted by atomic mass is 79.9. The number of nitrogens with one attached hydrogen (secondary N) is 1. The Kier molecular flexibility index (Phi) is 6.17. The molecule has 2 aliphatic carbocycles. The van der Waals surface area contributed by atoms with Crippen LogP contribution in [0, 0.1) is 0 Å². The van der Waals surface area contributed by atoms with Crippen LogP contribution in [-0.4, -0.2) is 61.2 Å². The summed E-state index contributed by atoms with van der Waals surface area (Å²) in [5.41, 5.74) is 0.245. The molecule has 1 saturated carbocycles. The van der Waals surface area contributed by atoms with Gasteiger partial charge in [-0.1, -0.05) is 18.2 Å². The number of furan rings is 1. The normalized spacial score (nSPS) is 30.1. The number of sulfonamides is 1. The largest absolute Gasteiger partial charge is 0.493 e. The van der Waals surface area contributed by atoms with Crippen molar-refractivity contribution in [1.82, 2.24) is 9.62 Å². The second-order valence-electron chi connectivity index (χ2n) is 11.1. The summed E-state index contributed by atoms with van der Waals surface area (Å²) in [7, 11) is -2.36. The van der Waals surface area contributed by atoms with Crippen LogP contribution in [0.2, 0.25) is 0 Å². The molecule has 4 aliphatic rings. The zero-order chi connectivity index (χ0) is 28.6. The maximum absolute atomic E-state index is 14.1. The van der Waals surface area contributed by atoms with E-state index in [0.29, 0.717) is 41.7 Å². The number of piperidine rings is 1. The van der Waals surface area contributed by atoms with Crippen LogP contribution in [0.4, 0.5) is 0 Å². The van der Waals surface area contributed by atoms with Crippen molar-refractivity contribution in [3.63, 3.8) is 0 Å². The number of aliphatic hydroxyl groups is 1. The number of nitrogens with zero attached hydrogens (tertiary/aromatic N) is 1. The summed E-state index contributed by atoms with van der Waals surface area (Å²) in [6.07, 6.45) is 6.99. The van der Waals surface area contributed by atoms with E-state index in [4.69, 9.17) is 13.9 Å². The van der Waals surface area contributed by atoms with Crippen LogP contribution in [0.15, 0.2) is 74.9 Å². The van der Waals surface area contributed by atoms with Gasteiger partial charge in [-0.05, 0) is 77.5 Å².